The van der Waals surface area contributed by atoms with Gasteiger partial charge in [-0.05, 0) is 0 Å². The summed E-state index contributed by atoms with van der Waals surface area (Å²) in [7, 11) is -4.66. The third kappa shape index (κ3) is 3.28. The van der Waals surface area contributed by atoms with Crippen molar-refractivity contribution in [2.24, 2.45) is 5.92 Å². The van der Waals surface area contributed by atoms with Crippen molar-refractivity contribution in [1.29, 1.82) is 0 Å². The van der Waals surface area contributed by atoms with Crippen LogP contribution in [0.4, 0.5) is 15.5 Å². The van der Waals surface area contributed by atoms with Gasteiger partial charge in [-0.3, -0.25) is 4.79 Å². The number of rotatable bonds is 3. The zero-order valence-electron chi connectivity index (χ0n) is 9.88. The highest BCUT2D eigenvalue weighted by Crippen LogP contribution is 2.35. The lowest BCUT2D eigenvalue weighted by Crippen LogP contribution is -2.26. The zero-order valence-corrected chi connectivity index (χ0v) is 12.2. The van der Waals surface area contributed by atoms with Crippen LogP contribution < -0.4 is 10.6 Å². The van der Waals surface area contributed by atoms with E-state index < -0.39 is 27.8 Å². The Labute approximate surface area is 124 Å². The van der Waals surface area contributed by atoms with Crippen molar-refractivity contribution in [3.8, 4) is 0 Å². The van der Waals surface area contributed by atoms with Gasteiger partial charge < -0.3 is 10.6 Å². The predicted molar refractivity (Wildman–Crippen MR) is 71.8 cm³/mol. The minimum Gasteiger partial charge on any atom is -0.368 e. The van der Waals surface area contributed by atoms with Crippen LogP contribution in [0.15, 0.2) is 0 Å². The highest BCUT2D eigenvalue weighted by Gasteiger charge is 2.36. The Morgan fingerprint density at radius 3 is 2.40 bits per heavy atom. The van der Waals surface area contributed by atoms with Crippen molar-refractivity contribution >= 4 is 51.0 Å². The fourth-order valence-electron chi connectivity index (χ4n) is 2.03. The van der Waals surface area contributed by atoms with Crippen LogP contribution in [0.3, 0.4) is 0 Å². The number of carbonyl (C=O) groups is 1. The summed E-state index contributed by atoms with van der Waals surface area (Å²) in [5.41, 5.74) is 5.40. The molecule has 0 radical (unpaired) electrons. The zero-order chi connectivity index (χ0) is 15.1. The highest BCUT2D eigenvalue weighted by atomic mass is 35.5. The number of nitrogen functional groups attached to an aromatic ring is 1. The molecule has 20 heavy (non-hydrogen) atoms. The molecular weight excluding hydrogens is 334 g/mol. The summed E-state index contributed by atoms with van der Waals surface area (Å²) >= 11 is 11.7. The Kier molecular flexibility index (Phi) is 4.03. The molecule has 0 spiro atoms. The van der Waals surface area contributed by atoms with Crippen molar-refractivity contribution in [3.63, 3.8) is 0 Å². The molecule has 1 atom stereocenters. The van der Waals surface area contributed by atoms with Gasteiger partial charge >= 0.3 is 10.2 Å². The van der Waals surface area contributed by atoms with E-state index in [9.17, 15) is 17.1 Å². The number of anilines is 2. The normalized spacial score (nSPS) is 19.6. The second-order valence-electron chi connectivity index (χ2n) is 4.29. The smallest absolute Gasteiger partial charge is 0.302 e. The van der Waals surface area contributed by atoms with Gasteiger partial charge in [0.25, 0.3) is 0 Å². The maximum absolute atomic E-state index is 12.7. The monoisotopic (exact) mass is 342 g/mol. The predicted octanol–water partition coefficient (Wildman–Crippen LogP) is 1.02. The molecule has 0 bridgehead atoms. The van der Waals surface area contributed by atoms with E-state index in [1.54, 1.807) is 0 Å². The molecule has 0 aliphatic carbocycles. The fourth-order valence-corrected chi connectivity index (χ4v) is 3.42. The van der Waals surface area contributed by atoms with Gasteiger partial charge in [-0.25, -0.2) is 0 Å². The van der Waals surface area contributed by atoms with Gasteiger partial charge in [0.1, 0.15) is 5.69 Å². The van der Waals surface area contributed by atoms with E-state index in [0.717, 1.165) is 4.90 Å². The van der Waals surface area contributed by atoms with E-state index in [2.05, 4.69) is 9.97 Å². The molecule has 2 rings (SSSR count). The molecular formula is C9H9Cl2FN4O3S. The Morgan fingerprint density at radius 2 is 1.90 bits per heavy atom. The lowest BCUT2D eigenvalue weighted by molar-refractivity contribution is -0.117. The molecule has 0 saturated carbocycles. The summed E-state index contributed by atoms with van der Waals surface area (Å²) in [4.78, 5) is 20.4. The molecule has 1 saturated heterocycles. The van der Waals surface area contributed by atoms with Gasteiger partial charge in [0.2, 0.25) is 11.9 Å². The average Bonchev–Trinajstić information content (AvgIpc) is 2.55. The molecule has 1 aliphatic heterocycles. The number of amides is 1. The summed E-state index contributed by atoms with van der Waals surface area (Å²) < 4.78 is 33.9. The van der Waals surface area contributed by atoms with Crippen molar-refractivity contribution in [2.45, 2.75) is 6.42 Å². The van der Waals surface area contributed by atoms with Gasteiger partial charge in [0.15, 0.2) is 10.3 Å². The number of nitrogens with zero attached hydrogens (tertiary/aromatic N) is 3. The average molecular weight is 343 g/mol. The van der Waals surface area contributed by atoms with E-state index in [1.165, 1.54) is 0 Å². The number of hydrogen-bond donors (Lipinski definition) is 1. The molecule has 0 aromatic carbocycles. The van der Waals surface area contributed by atoms with Gasteiger partial charge in [0, 0.05) is 18.9 Å². The van der Waals surface area contributed by atoms with Gasteiger partial charge in [-0.1, -0.05) is 23.2 Å². The summed E-state index contributed by atoms with van der Waals surface area (Å²) in [6.45, 7) is -0.0330. The van der Waals surface area contributed by atoms with Gasteiger partial charge in [-0.2, -0.15) is 18.4 Å². The first-order valence-corrected chi connectivity index (χ1v) is 7.69. The molecule has 110 valence electrons. The van der Waals surface area contributed by atoms with E-state index in [4.69, 9.17) is 28.9 Å². The van der Waals surface area contributed by atoms with Crippen molar-refractivity contribution in [1.82, 2.24) is 9.97 Å². The first-order valence-electron chi connectivity index (χ1n) is 5.38. The van der Waals surface area contributed by atoms with E-state index >= 15 is 0 Å². The molecule has 1 aliphatic rings. The van der Waals surface area contributed by atoms with E-state index in [0.29, 0.717) is 0 Å². The van der Waals surface area contributed by atoms with Crippen LogP contribution in [-0.2, 0) is 15.0 Å². The molecule has 1 unspecified atom stereocenters. The van der Waals surface area contributed by atoms with E-state index in [1.807, 2.05) is 0 Å². The Bertz CT molecular complexity index is 646. The minimum atomic E-state index is -4.66. The molecule has 2 heterocycles. The maximum Gasteiger partial charge on any atom is 0.302 e. The number of carbonyl (C=O) groups excluding carboxylic acids is 1. The molecule has 11 heteroatoms. The molecule has 1 aromatic rings. The van der Waals surface area contributed by atoms with Crippen LogP contribution in [0, 0.1) is 5.92 Å². The molecule has 7 nitrogen and oxygen atoms in total. The van der Waals surface area contributed by atoms with Gasteiger partial charge in [0.05, 0.1) is 5.75 Å². The van der Waals surface area contributed by atoms with Crippen LogP contribution >= 0.6 is 23.2 Å². The molecule has 1 aromatic heterocycles. The van der Waals surface area contributed by atoms with Crippen molar-refractivity contribution in [2.75, 3.05) is 22.9 Å². The van der Waals surface area contributed by atoms with Crippen LogP contribution in [0.1, 0.15) is 6.42 Å². The number of aromatic nitrogens is 2. The first kappa shape index (κ1) is 15.2. The first-order chi connectivity index (χ1) is 9.17. The summed E-state index contributed by atoms with van der Waals surface area (Å²) in [6, 6.07) is 0. The maximum atomic E-state index is 12.7. The lowest BCUT2D eigenvalue weighted by atomic mass is 10.1. The van der Waals surface area contributed by atoms with Gasteiger partial charge in [-0.15, -0.1) is 3.89 Å². The topological polar surface area (TPSA) is 106 Å². The molecule has 1 amide bonds. The summed E-state index contributed by atoms with van der Waals surface area (Å²) in [5, 5.41) is -0.251. The van der Waals surface area contributed by atoms with Crippen molar-refractivity contribution < 1.29 is 17.1 Å². The Balaban J connectivity index is 2.29. The third-order valence-electron chi connectivity index (χ3n) is 2.73. The molecule has 2 N–H and O–H groups in total. The molecule has 1 fully saturated rings. The van der Waals surface area contributed by atoms with Crippen LogP contribution in [0.25, 0.3) is 0 Å². The minimum absolute atomic E-state index is 0.0330. The van der Waals surface area contributed by atoms with E-state index in [-0.39, 0.29) is 34.9 Å². The van der Waals surface area contributed by atoms with Crippen molar-refractivity contribution in [3.05, 3.63) is 10.3 Å². The van der Waals surface area contributed by atoms with Crippen LogP contribution in [0.2, 0.25) is 10.3 Å². The van der Waals surface area contributed by atoms with Crippen LogP contribution in [-0.4, -0.2) is 36.6 Å². The Morgan fingerprint density at radius 1 is 1.35 bits per heavy atom. The third-order valence-corrected chi connectivity index (χ3v) is 4.12. The standard InChI is InChI=1S/C9H9Cl2FN4O3S/c10-7-6(8(11)15-9(13)14-7)16-2-4(1-5(16)17)3-20(12,18)19/h4H,1-3H2,(H2,13,14,15). The fraction of sp³-hybridized carbons (Fsp3) is 0.444. The van der Waals surface area contributed by atoms with Crippen LogP contribution in [0.5, 0.6) is 0 Å². The lowest BCUT2D eigenvalue weighted by Gasteiger charge is -2.18. The summed E-state index contributed by atoms with van der Waals surface area (Å²) in [5.74, 6) is -2.00. The quantitative estimate of drug-likeness (QED) is 0.649. The largest absolute Gasteiger partial charge is 0.368 e. The number of halogens is 3. The second-order valence-corrected chi connectivity index (χ2v) is 6.42. The summed E-state index contributed by atoms with van der Waals surface area (Å²) in [6.07, 6.45) is -0.125. The number of nitrogens with two attached hydrogens (primary N) is 1. The second kappa shape index (κ2) is 5.30. The number of hydrogen-bond acceptors (Lipinski definition) is 6. The highest BCUT2D eigenvalue weighted by molar-refractivity contribution is 7.86. The Hall–Kier alpha value is -1.19. The SMILES string of the molecule is Nc1nc(Cl)c(N2CC(CS(=O)(=O)F)CC2=O)c(Cl)n1.